The number of allylic oxidation sites excluding steroid dienone is 1. The third kappa shape index (κ3) is 5.78. The molecule has 8 N–H and O–H groups in total. The lowest BCUT2D eigenvalue weighted by molar-refractivity contribution is -0.345. The zero-order chi connectivity index (χ0) is 47.7. The molecule has 3 saturated heterocycles. The molecule has 68 heavy (non-hydrogen) atoms. The number of phenols is 1. The van der Waals surface area contributed by atoms with Gasteiger partial charge in [-0.05, 0) is 148 Å². The molecule has 4 saturated carbocycles. The number of nitrogens with zero attached hydrogens (tertiary/aromatic N) is 1. The molecule has 12 rings (SSSR count). The maximum absolute atomic E-state index is 15.3. The van der Waals surface area contributed by atoms with E-state index in [2.05, 4.69) is 24.1 Å². The van der Waals surface area contributed by atoms with E-state index in [4.69, 9.17) is 14.2 Å². The number of aliphatic hydroxyl groups is 6. The van der Waals surface area contributed by atoms with Gasteiger partial charge in [-0.3, -0.25) is 14.9 Å². The number of phenolic OH excluding ortho intramolecular Hbond substituents is 1. The van der Waals surface area contributed by atoms with Gasteiger partial charge in [0.1, 0.15) is 29.8 Å². The van der Waals surface area contributed by atoms with Crippen LogP contribution in [0.25, 0.3) is 0 Å². The summed E-state index contributed by atoms with van der Waals surface area (Å²) in [7, 11) is 1.67. The van der Waals surface area contributed by atoms with Crippen LogP contribution < -0.4 is 5.32 Å². The number of ketones is 1. The molecule has 14 heteroatoms. The predicted octanol–water partition coefficient (Wildman–Crippen LogP) is 3.21. The lowest BCUT2D eigenvalue weighted by Crippen LogP contribution is -2.71. The normalized spacial score (nSPS) is 50.3. The average molecular weight is 941 g/mol. The number of hydrogen-bond donors (Lipinski definition) is 8. The van der Waals surface area contributed by atoms with Crippen molar-refractivity contribution in [2.45, 2.75) is 170 Å². The number of methoxy groups -OCH3 is 1. The van der Waals surface area contributed by atoms with Gasteiger partial charge in [0.05, 0.1) is 29.2 Å². The quantitative estimate of drug-likeness (QED) is 0.0891. The summed E-state index contributed by atoms with van der Waals surface area (Å²) in [5.41, 5.74) is -4.12. The van der Waals surface area contributed by atoms with Crippen LogP contribution in [-0.4, -0.2) is 139 Å². The van der Waals surface area contributed by atoms with Gasteiger partial charge in [-0.15, -0.1) is 5.92 Å². The van der Waals surface area contributed by atoms with Crippen molar-refractivity contribution >= 4 is 11.7 Å². The molecule has 19 unspecified atom stereocenters. The molecule has 370 valence electrons. The number of benzene rings is 1. The smallest absolute Gasteiger partial charge is 0.240 e. The van der Waals surface area contributed by atoms with E-state index in [1.807, 2.05) is 24.0 Å². The molecular formula is C54H72N2O12. The molecule has 0 aromatic heterocycles. The summed E-state index contributed by atoms with van der Waals surface area (Å²) in [6, 6.07) is 4.40. The average Bonchev–Trinajstić information content (AvgIpc) is 3.67. The van der Waals surface area contributed by atoms with Gasteiger partial charge in [-0.2, -0.15) is 0 Å². The molecule has 14 nitrogen and oxygen atoms in total. The predicted molar refractivity (Wildman–Crippen MR) is 245 cm³/mol. The molecule has 19 atom stereocenters. The first-order chi connectivity index (χ1) is 32.3. The maximum atomic E-state index is 15.3. The Morgan fingerprint density at radius 3 is 2.56 bits per heavy atom. The Bertz CT molecular complexity index is 2390. The van der Waals surface area contributed by atoms with Crippen molar-refractivity contribution in [3.8, 4) is 17.6 Å². The van der Waals surface area contributed by atoms with Gasteiger partial charge in [0.2, 0.25) is 11.7 Å². The Kier molecular flexibility index (Phi) is 10.4. The van der Waals surface area contributed by atoms with Crippen LogP contribution in [0.1, 0.15) is 121 Å². The van der Waals surface area contributed by atoms with Crippen molar-refractivity contribution in [1.29, 1.82) is 0 Å². The van der Waals surface area contributed by atoms with Crippen LogP contribution in [0.4, 0.5) is 0 Å². The topological polar surface area (TPSA) is 218 Å². The zero-order valence-electron chi connectivity index (χ0n) is 40.1. The van der Waals surface area contributed by atoms with Crippen LogP contribution in [0, 0.1) is 69.0 Å². The molecular weight excluding hydrogens is 869 g/mol. The minimum absolute atomic E-state index is 0.00454. The molecule has 4 aliphatic heterocycles. The summed E-state index contributed by atoms with van der Waals surface area (Å²) in [6.07, 6.45) is 3.60. The van der Waals surface area contributed by atoms with Crippen molar-refractivity contribution in [3.63, 3.8) is 0 Å². The van der Waals surface area contributed by atoms with Crippen LogP contribution in [0.2, 0.25) is 0 Å². The summed E-state index contributed by atoms with van der Waals surface area (Å²) in [6.45, 7) is 6.60. The minimum Gasteiger partial charge on any atom is -0.508 e. The summed E-state index contributed by atoms with van der Waals surface area (Å²) >= 11 is 0. The SMILES string of the molecule is COCCCOC1CCC2(C)C(C1)C(=O)C1=C3C24C#CCC2CN2C(=O)C2NC(O)C5OC(C(CO)C5C25CC2CCc6cc(O)ccc6C2C5)C(O)(O)C(C)(O)C2CC(CC1)C3(O)C2(C)CC4. The van der Waals surface area contributed by atoms with E-state index in [0.29, 0.717) is 88.7 Å². The number of piperidine rings is 1. The minimum atomic E-state index is -3.02. The number of Topliss-reactive ketones (excluding diaryl/α,β-unsaturated/α-hetero) is 1. The van der Waals surface area contributed by atoms with E-state index in [1.54, 1.807) is 13.2 Å². The molecule has 7 aliphatic carbocycles. The van der Waals surface area contributed by atoms with Crippen LogP contribution in [0.15, 0.2) is 29.3 Å². The van der Waals surface area contributed by atoms with Gasteiger partial charge >= 0.3 is 0 Å². The van der Waals surface area contributed by atoms with Crippen molar-refractivity contribution in [1.82, 2.24) is 10.2 Å². The lowest BCUT2D eigenvalue weighted by atomic mass is 9.37. The Morgan fingerprint density at radius 1 is 0.971 bits per heavy atom. The number of carbonyl (C=O) groups is 2. The molecule has 1 aromatic carbocycles. The molecule has 11 aliphatic rings. The van der Waals surface area contributed by atoms with Crippen LogP contribution >= 0.6 is 0 Å². The van der Waals surface area contributed by atoms with Gasteiger partial charge in [0.25, 0.3) is 0 Å². The van der Waals surface area contributed by atoms with Crippen LogP contribution in [-0.2, 0) is 30.2 Å². The highest BCUT2D eigenvalue weighted by Gasteiger charge is 2.80. The number of nitrogens with one attached hydrogen (secondary N) is 1. The Balaban J connectivity index is 0.998. The van der Waals surface area contributed by atoms with E-state index in [9.17, 15) is 35.7 Å². The molecule has 4 heterocycles. The number of carbonyl (C=O) groups excluding carboxylic acids is 2. The van der Waals surface area contributed by atoms with Crippen LogP contribution in [0.3, 0.4) is 0 Å². The largest absolute Gasteiger partial charge is 0.508 e. The number of rotatable bonds is 6. The number of aliphatic hydroxyl groups excluding tert-OH is 2. The number of aromatic hydroxyl groups is 1. The third-order valence-electron chi connectivity index (χ3n) is 21.7. The Hall–Kier alpha value is -2.94. The van der Waals surface area contributed by atoms with E-state index < -0.39 is 93.4 Å². The molecule has 7 bridgehead atoms. The van der Waals surface area contributed by atoms with Gasteiger partial charge < -0.3 is 54.9 Å². The number of aryl methyl sites for hydroxylation is 1. The van der Waals surface area contributed by atoms with Gasteiger partial charge in [-0.25, -0.2) is 0 Å². The summed E-state index contributed by atoms with van der Waals surface area (Å²) < 4.78 is 18.4. The van der Waals surface area contributed by atoms with Crippen LogP contribution in [0.5, 0.6) is 5.75 Å². The third-order valence-corrected chi connectivity index (χ3v) is 21.7. The highest BCUT2D eigenvalue weighted by atomic mass is 16.6. The molecule has 1 amide bonds. The highest BCUT2D eigenvalue weighted by Crippen LogP contribution is 2.78. The summed E-state index contributed by atoms with van der Waals surface area (Å²) in [5, 5.41) is 90.7. The number of hydrogen-bond acceptors (Lipinski definition) is 13. The molecule has 1 spiro atoms. The van der Waals surface area contributed by atoms with E-state index in [0.717, 1.165) is 36.8 Å². The van der Waals surface area contributed by atoms with Crippen molar-refractivity contribution in [3.05, 3.63) is 40.5 Å². The van der Waals surface area contributed by atoms with Crippen molar-refractivity contribution < 1.29 is 59.5 Å². The number of fused-ring (bicyclic) bond motifs is 6. The van der Waals surface area contributed by atoms with E-state index in [1.165, 1.54) is 6.92 Å². The standard InChI is InChI=1S/C54H72N2O12/c1-48-16-14-33(67-20-6-19-66-4)23-38(48)41(59)35-12-10-30-22-39-49(2)17-18-52(48,43(35)53(30,49)63)15-5-7-31-26-56(31)47(61)44-51(24-29-9-8-28-21-32(58)11-13-34(28)36(29)25-51)40-37(27-57)45(54(64,65)50(39,3)62)68-42(40)46(60)55-44/h11,13,21,29-31,33,36-40,42,44-46,55,57-58,60,62-65H,6-10,12,14,16-20,22-27H2,1-4H3. The second kappa shape index (κ2) is 15.3. The van der Waals surface area contributed by atoms with E-state index in [-0.39, 0.29) is 53.8 Å². The lowest BCUT2D eigenvalue weighted by Gasteiger charge is -2.67. The van der Waals surface area contributed by atoms with Gasteiger partial charge in [0.15, 0.2) is 5.78 Å². The maximum Gasteiger partial charge on any atom is 0.240 e. The fourth-order valence-corrected chi connectivity index (χ4v) is 18.4. The highest BCUT2D eigenvalue weighted by molar-refractivity contribution is 6.01. The molecule has 1 aromatic rings. The number of amides is 1. The summed E-state index contributed by atoms with van der Waals surface area (Å²) in [5.74, 6) is 1.21. The second-order valence-electron chi connectivity index (χ2n) is 24.3. The molecule has 7 fully saturated rings. The fraction of sp³-hybridized carbons (Fsp3) is 0.778. The van der Waals surface area contributed by atoms with Crippen molar-refractivity contribution in [2.75, 3.05) is 33.5 Å². The first kappa shape index (κ1) is 46.2. The Morgan fingerprint density at radius 2 is 1.78 bits per heavy atom. The second-order valence-corrected chi connectivity index (χ2v) is 24.3. The van der Waals surface area contributed by atoms with Crippen molar-refractivity contribution in [2.24, 2.45) is 57.2 Å². The summed E-state index contributed by atoms with van der Waals surface area (Å²) in [4.78, 5) is 32.4. The first-order valence-electron chi connectivity index (χ1n) is 25.9. The first-order valence-corrected chi connectivity index (χ1v) is 25.9. The zero-order valence-corrected chi connectivity index (χ0v) is 40.1. The monoisotopic (exact) mass is 941 g/mol. The fourth-order valence-electron chi connectivity index (χ4n) is 18.4. The van der Waals surface area contributed by atoms with E-state index >= 15 is 9.59 Å². The number of ether oxygens (including phenoxy) is 3. The Labute approximate surface area is 399 Å². The van der Waals surface area contributed by atoms with Gasteiger partial charge in [-0.1, -0.05) is 25.8 Å². The molecule has 0 radical (unpaired) electrons. The van der Waals surface area contributed by atoms with Gasteiger partial charge in [0, 0.05) is 74.4 Å².